The summed E-state index contributed by atoms with van der Waals surface area (Å²) in [6.45, 7) is 5.63. The molecule has 1 aliphatic rings. The Balaban J connectivity index is 0.00000280. The molecule has 0 unspecified atom stereocenters. The van der Waals surface area contributed by atoms with E-state index in [1.807, 2.05) is 32.0 Å². The maximum Gasteiger partial charge on any atom is 0.252 e. The zero-order chi connectivity index (χ0) is 19.4. The molecule has 3 N–H and O–H groups in total. The summed E-state index contributed by atoms with van der Waals surface area (Å²) in [5.41, 5.74) is 9.18. The van der Waals surface area contributed by atoms with Gasteiger partial charge in [-0.3, -0.25) is 0 Å². The van der Waals surface area contributed by atoms with Crippen LogP contribution >= 0.6 is 35.3 Å². The standard InChI is InChI=1S/C19H26N4O2S2.HI/c1-14-10-15(2)12-16(11-14)22-19(20)21-13-17-6-7-18(26-17)27(24,25)23-8-4-3-5-9-23;/h6-7,10-12H,3-5,8-9,13H2,1-2H3,(H3,20,21,22);1H. The predicted octanol–water partition coefficient (Wildman–Crippen LogP) is 4.08. The van der Waals surface area contributed by atoms with Crippen molar-refractivity contribution in [2.45, 2.75) is 43.9 Å². The van der Waals surface area contributed by atoms with Crippen molar-refractivity contribution in [2.24, 2.45) is 10.7 Å². The largest absolute Gasteiger partial charge is 0.370 e. The van der Waals surface area contributed by atoms with Gasteiger partial charge in [0.2, 0.25) is 0 Å². The average Bonchev–Trinajstić information content (AvgIpc) is 3.10. The van der Waals surface area contributed by atoms with Gasteiger partial charge in [-0.1, -0.05) is 12.5 Å². The number of nitrogens with zero attached hydrogens (tertiary/aromatic N) is 2. The molecule has 1 aliphatic heterocycles. The summed E-state index contributed by atoms with van der Waals surface area (Å²) in [4.78, 5) is 5.21. The summed E-state index contributed by atoms with van der Waals surface area (Å²) in [7, 11) is -3.38. The molecule has 2 aromatic rings. The first-order valence-corrected chi connectivity index (χ1v) is 11.3. The number of halogens is 1. The molecule has 3 rings (SSSR count). The van der Waals surface area contributed by atoms with Gasteiger partial charge in [0.25, 0.3) is 10.0 Å². The number of rotatable bonds is 5. The molecule has 0 bridgehead atoms. The number of piperidine rings is 1. The summed E-state index contributed by atoms with van der Waals surface area (Å²) in [5.74, 6) is 0.314. The van der Waals surface area contributed by atoms with Crippen molar-refractivity contribution in [2.75, 3.05) is 18.4 Å². The number of aryl methyl sites for hydroxylation is 2. The molecule has 2 heterocycles. The second-order valence-corrected chi connectivity index (χ2v) is 10.2. The van der Waals surface area contributed by atoms with E-state index in [1.165, 1.54) is 11.3 Å². The number of hydrogen-bond acceptors (Lipinski definition) is 4. The number of sulfonamides is 1. The molecule has 1 saturated heterocycles. The van der Waals surface area contributed by atoms with Crippen molar-refractivity contribution in [3.63, 3.8) is 0 Å². The molecule has 0 amide bonds. The number of guanidine groups is 1. The third-order valence-electron chi connectivity index (χ3n) is 4.45. The molecule has 0 aliphatic carbocycles. The Bertz CT molecular complexity index is 915. The van der Waals surface area contributed by atoms with Crippen LogP contribution in [0.25, 0.3) is 0 Å². The summed E-state index contributed by atoms with van der Waals surface area (Å²) in [5, 5.41) is 3.09. The van der Waals surface area contributed by atoms with Crippen molar-refractivity contribution < 1.29 is 8.42 Å². The molecule has 1 aromatic heterocycles. The normalized spacial score (nSPS) is 15.9. The van der Waals surface area contributed by atoms with Crippen LogP contribution in [0.4, 0.5) is 5.69 Å². The van der Waals surface area contributed by atoms with Crippen LogP contribution < -0.4 is 11.1 Å². The fourth-order valence-electron chi connectivity index (χ4n) is 3.21. The highest BCUT2D eigenvalue weighted by Gasteiger charge is 2.27. The number of nitrogens with one attached hydrogen (secondary N) is 1. The minimum absolute atomic E-state index is 0. The zero-order valence-electron chi connectivity index (χ0n) is 16.1. The molecule has 154 valence electrons. The third-order valence-corrected chi connectivity index (χ3v) is 7.88. The lowest BCUT2D eigenvalue weighted by molar-refractivity contribution is 0.347. The van der Waals surface area contributed by atoms with Gasteiger partial charge in [0, 0.05) is 23.7 Å². The third kappa shape index (κ3) is 5.91. The van der Waals surface area contributed by atoms with E-state index in [9.17, 15) is 8.42 Å². The molecule has 0 spiro atoms. The molecule has 6 nitrogen and oxygen atoms in total. The van der Waals surface area contributed by atoms with E-state index in [0.717, 1.165) is 41.0 Å². The van der Waals surface area contributed by atoms with Gasteiger partial charge in [-0.25, -0.2) is 13.4 Å². The van der Waals surface area contributed by atoms with Gasteiger partial charge >= 0.3 is 0 Å². The Hall–Kier alpha value is -1.17. The van der Waals surface area contributed by atoms with Gasteiger partial charge in [0.15, 0.2) is 5.96 Å². The Labute approximate surface area is 188 Å². The van der Waals surface area contributed by atoms with Crippen LogP contribution in [0.1, 0.15) is 35.3 Å². The number of benzene rings is 1. The number of hydrogen-bond donors (Lipinski definition) is 2. The monoisotopic (exact) mass is 534 g/mol. The Kier molecular flexibility index (Phi) is 8.29. The number of aliphatic imine (C=N–C) groups is 1. The van der Waals surface area contributed by atoms with E-state index in [0.29, 0.717) is 29.8 Å². The minimum atomic E-state index is -3.38. The molecular formula is C19H27IN4O2S2. The molecule has 9 heteroatoms. The molecule has 1 aromatic carbocycles. The summed E-state index contributed by atoms with van der Waals surface area (Å²) < 4.78 is 27.4. The first kappa shape index (κ1) is 23.1. The zero-order valence-corrected chi connectivity index (χ0v) is 20.1. The minimum Gasteiger partial charge on any atom is -0.370 e. The summed E-state index contributed by atoms with van der Waals surface area (Å²) in [6.07, 6.45) is 2.97. The van der Waals surface area contributed by atoms with Crippen LogP contribution in [0.2, 0.25) is 0 Å². The molecule has 0 atom stereocenters. The average molecular weight is 534 g/mol. The highest BCUT2D eigenvalue weighted by molar-refractivity contribution is 14.0. The van der Waals surface area contributed by atoms with Gasteiger partial charge in [-0.05, 0) is 62.1 Å². The number of nitrogens with two attached hydrogens (primary N) is 1. The topological polar surface area (TPSA) is 87.8 Å². The van der Waals surface area contributed by atoms with Gasteiger partial charge in [-0.2, -0.15) is 4.31 Å². The van der Waals surface area contributed by atoms with E-state index in [2.05, 4.69) is 16.4 Å². The van der Waals surface area contributed by atoms with Crippen molar-refractivity contribution in [3.05, 3.63) is 46.3 Å². The first-order chi connectivity index (χ1) is 12.8. The van der Waals surface area contributed by atoms with Crippen molar-refractivity contribution in [1.29, 1.82) is 0 Å². The van der Waals surface area contributed by atoms with E-state index < -0.39 is 10.0 Å². The second kappa shape index (κ2) is 10.0. The van der Waals surface area contributed by atoms with E-state index in [-0.39, 0.29) is 24.0 Å². The molecular weight excluding hydrogens is 507 g/mol. The highest BCUT2D eigenvalue weighted by Crippen LogP contribution is 2.27. The molecule has 1 fully saturated rings. The van der Waals surface area contributed by atoms with Crippen LogP contribution in [-0.2, 0) is 16.6 Å². The van der Waals surface area contributed by atoms with Gasteiger partial charge < -0.3 is 11.1 Å². The lowest BCUT2D eigenvalue weighted by Crippen LogP contribution is -2.35. The first-order valence-electron chi connectivity index (χ1n) is 9.09. The Morgan fingerprint density at radius 3 is 2.43 bits per heavy atom. The Morgan fingerprint density at radius 1 is 1.14 bits per heavy atom. The lowest BCUT2D eigenvalue weighted by Gasteiger charge is -2.25. The molecule has 0 radical (unpaired) electrons. The van der Waals surface area contributed by atoms with Crippen LogP contribution in [-0.4, -0.2) is 31.8 Å². The van der Waals surface area contributed by atoms with Gasteiger partial charge in [0.1, 0.15) is 4.21 Å². The molecule has 0 saturated carbocycles. The maximum atomic E-state index is 12.7. The SMILES string of the molecule is Cc1cc(C)cc(NC(N)=NCc2ccc(S(=O)(=O)N3CCCCC3)s2)c1.I. The number of anilines is 1. The van der Waals surface area contributed by atoms with E-state index in [4.69, 9.17) is 5.73 Å². The van der Waals surface area contributed by atoms with Crippen molar-refractivity contribution in [1.82, 2.24) is 4.31 Å². The summed E-state index contributed by atoms with van der Waals surface area (Å²) >= 11 is 1.27. The van der Waals surface area contributed by atoms with E-state index >= 15 is 0 Å². The van der Waals surface area contributed by atoms with Crippen molar-refractivity contribution >= 4 is 57.0 Å². The van der Waals surface area contributed by atoms with Crippen LogP contribution in [0.3, 0.4) is 0 Å². The highest BCUT2D eigenvalue weighted by atomic mass is 127. The van der Waals surface area contributed by atoms with Gasteiger partial charge in [-0.15, -0.1) is 35.3 Å². The van der Waals surface area contributed by atoms with Crippen molar-refractivity contribution in [3.8, 4) is 0 Å². The fraction of sp³-hybridized carbons (Fsp3) is 0.421. The van der Waals surface area contributed by atoms with E-state index in [1.54, 1.807) is 10.4 Å². The maximum absolute atomic E-state index is 12.7. The number of thiophene rings is 1. The predicted molar refractivity (Wildman–Crippen MR) is 127 cm³/mol. The van der Waals surface area contributed by atoms with Gasteiger partial charge in [0.05, 0.1) is 6.54 Å². The quantitative estimate of drug-likeness (QED) is 0.344. The molecule has 28 heavy (non-hydrogen) atoms. The van der Waals surface area contributed by atoms with Crippen LogP contribution in [0, 0.1) is 13.8 Å². The summed E-state index contributed by atoms with van der Waals surface area (Å²) in [6, 6.07) is 9.59. The Morgan fingerprint density at radius 2 is 1.79 bits per heavy atom. The lowest BCUT2D eigenvalue weighted by atomic mass is 10.1. The smallest absolute Gasteiger partial charge is 0.252 e. The fourth-order valence-corrected chi connectivity index (χ4v) is 6.16. The second-order valence-electron chi connectivity index (χ2n) is 6.89. The van der Waals surface area contributed by atoms with Crippen LogP contribution in [0.5, 0.6) is 0 Å². The van der Waals surface area contributed by atoms with Crippen LogP contribution in [0.15, 0.2) is 39.5 Å².